The van der Waals surface area contributed by atoms with Crippen molar-refractivity contribution in [2.24, 2.45) is 11.3 Å². The van der Waals surface area contributed by atoms with E-state index in [1.54, 1.807) is 0 Å². The fourth-order valence-electron chi connectivity index (χ4n) is 3.25. The summed E-state index contributed by atoms with van der Waals surface area (Å²) in [7, 11) is 0. The quantitative estimate of drug-likeness (QED) is 0.460. The van der Waals surface area contributed by atoms with E-state index < -0.39 is 0 Å². The molecule has 2 aromatic rings. The normalized spacial score (nSPS) is 13.3. The zero-order chi connectivity index (χ0) is 18.9. The van der Waals surface area contributed by atoms with Crippen molar-refractivity contribution in [3.8, 4) is 23.5 Å². The number of aromatic nitrogens is 2. The highest BCUT2D eigenvalue weighted by molar-refractivity contribution is 9.10. The predicted octanol–water partition coefficient (Wildman–Crippen LogP) is 4.78. The van der Waals surface area contributed by atoms with Gasteiger partial charge in [-0.1, -0.05) is 20.8 Å². The number of rotatable bonds is 7. The van der Waals surface area contributed by atoms with E-state index >= 15 is 0 Å². The molecule has 0 saturated carbocycles. The van der Waals surface area contributed by atoms with Gasteiger partial charge in [-0.25, -0.2) is 0 Å². The van der Waals surface area contributed by atoms with Crippen LogP contribution in [0.25, 0.3) is 0 Å². The van der Waals surface area contributed by atoms with Crippen LogP contribution in [-0.4, -0.2) is 29.6 Å². The molecule has 0 radical (unpaired) electrons. The monoisotopic (exact) mass is 478 g/mol. The van der Waals surface area contributed by atoms with E-state index in [1.807, 2.05) is 0 Å². The van der Waals surface area contributed by atoms with Crippen LogP contribution in [0.4, 0.5) is 0 Å². The maximum absolute atomic E-state index is 10.0. The van der Waals surface area contributed by atoms with Gasteiger partial charge in [0.1, 0.15) is 0 Å². The van der Waals surface area contributed by atoms with Crippen molar-refractivity contribution >= 4 is 31.9 Å². The highest BCUT2D eigenvalue weighted by Gasteiger charge is 2.25. The molecule has 0 amide bonds. The lowest BCUT2D eigenvalue weighted by atomic mass is 9.82. The first-order valence-corrected chi connectivity index (χ1v) is 9.64. The van der Waals surface area contributed by atoms with Crippen LogP contribution in [-0.2, 0) is 13.1 Å². The first kappa shape index (κ1) is 20.0. The Balaban J connectivity index is 1.97. The molecular formula is C17H24Br2N2O4. The van der Waals surface area contributed by atoms with Crippen molar-refractivity contribution in [1.29, 1.82) is 0 Å². The van der Waals surface area contributed by atoms with Gasteiger partial charge in [0, 0.05) is 25.2 Å². The third kappa shape index (κ3) is 4.67. The molecule has 2 heterocycles. The summed E-state index contributed by atoms with van der Waals surface area (Å²) in [6.45, 7) is 7.26. The molecule has 1 atom stereocenters. The maximum Gasteiger partial charge on any atom is 0.208 e. The lowest BCUT2D eigenvalue weighted by Gasteiger charge is -2.29. The first-order chi connectivity index (χ1) is 11.5. The Kier molecular flexibility index (Phi) is 6.04. The van der Waals surface area contributed by atoms with Crippen LogP contribution in [0, 0.1) is 11.3 Å². The van der Waals surface area contributed by atoms with Crippen LogP contribution >= 0.6 is 31.9 Å². The topological polar surface area (TPSA) is 90.8 Å². The molecule has 0 aliphatic rings. The lowest BCUT2D eigenvalue weighted by molar-refractivity contribution is 0.207. The van der Waals surface area contributed by atoms with Gasteiger partial charge in [-0.05, 0) is 56.0 Å². The molecule has 0 spiro atoms. The Morgan fingerprint density at radius 1 is 0.960 bits per heavy atom. The van der Waals surface area contributed by atoms with Crippen molar-refractivity contribution in [3.63, 3.8) is 0 Å². The van der Waals surface area contributed by atoms with Crippen molar-refractivity contribution in [2.75, 3.05) is 0 Å². The molecule has 25 heavy (non-hydrogen) atoms. The minimum atomic E-state index is -0.159. The van der Waals surface area contributed by atoms with Gasteiger partial charge in [0.05, 0.1) is 8.95 Å². The standard InChI is InChI=1S/C17H24Br2N2O4/c1-10(4-5-20-13(22)6-11(18)15(20)24)8-17(2,3)9-21-14(23)7-12(19)16(21)25/h6-7,10,22-25H,4-5,8-9H2,1-3H3. The molecular weight excluding hydrogens is 456 g/mol. The first-order valence-electron chi connectivity index (χ1n) is 8.05. The van der Waals surface area contributed by atoms with Crippen molar-refractivity contribution in [3.05, 3.63) is 21.1 Å². The van der Waals surface area contributed by atoms with Crippen LogP contribution in [0.2, 0.25) is 0 Å². The molecule has 0 fully saturated rings. The summed E-state index contributed by atoms with van der Waals surface area (Å²) in [5.41, 5.74) is -0.159. The second-order valence-electron chi connectivity index (χ2n) is 7.35. The van der Waals surface area contributed by atoms with Crippen LogP contribution in [0.1, 0.15) is 33.6 Å². The summed E-state index contributed by atoms with van der Waals surface area (Å²) in [5, 5.41) is 39.7. The largest absolute Gasteiger partial charge is 0.494 e. The van der Waals surface area contributed by atoms with Crippen molar-refractivity contribution < 1.29 is 20.4 Å². The van der Waals surface area contributed by atoms with Crippen LogP contribution in [0.5, 0.6) is 23.5 Å². The van der Waals surface area contributed by atoms with Gasteiger partial charge >= 0.3 is 0 Å². The van der Waals surface area contributed by atoms with Crippen LogP contribution < -0.4 is 0 Å². The van der Waals surface area contributed by atoms with Gasteiger partial charge in [-0.3, -0.25) is 9.13 Å². The van der Waals surface area contributed by atoms with Crippen LogP contribution in [0.3, 0.4) is 0 Å². The minimum absolute atomic E-state index is 0.0188. The van der Waals surface area contributed by atoms with E-state index in [0.29, 0.717) is 28.0 Å². The average molecular weight is 480 g/mol. The minimum Gasteiger partial charge on any atom is -0.494 e. The Morgan fingerprint density at radius 3 is 1.88 bits per heavy atom. The van der Waals surface area contributed by atoms with E-state index in [4.69, 9.17) is 0 Å². The molecule has 0 aliphatic heterocycles. The Morgan fingerprint density at radius 2 is 1.44 bits per heavy atom. The third-order valence-electron chi connectivity index (χ3n) is 4.34. The highest BCUT2D eigenvalue weighted by Crippen LogP contribution is 2.38. The number of aromatic hydroxyl groups is 4. The molecule has 0 aliphatic carbocycles. The summed E-state index contributed by atoms with van der Waals surface area (Å²) >= 11 is 6.40. The smallest absolute Gasteiger partial charge is 0.208 e. The fraction of sp³-hybridized carbons (Fsp3) is 0.529. The van der Waals surface area contributed by atoms with Crippen LogP contribution in [0.15, 0.2) is 21.1 Å². The predicted molar refractivity (Wildman–Crippen MR) is 103 cm³/mol. The van der Waals surface area contributed by atoms with Gasteiger partial charge in [0.15, 0.2) is 11.8 Å². The van der Waals surface area contributed by atoms with E-state index in [2.05, 4.69) is 52.6 Å². The van der Waals surface area contributed by atoms with Gasteiger partial charge in [-0.15, -0.1) is 0 Å². The molecule has 6 nitrogen and oxygen atoms in total. The van der Waals surface area contributed by atoms with Gasteiger partial charge < -0.3 is 20.4 Å². The SMILES string of the molecule is CC(CCn1c(O)cc(Br)c1O)CC(C)(C)Cn1c(O)cc(Br)c1O. The van der Waals surface area contributed by atoms with Crippen molar-refractivity contribution in [2.45, 2.75) is 46.7 Å². The van der Waals surface area contributed by atoms with E-state index in [0.717, 1.165) is 12.8 Å². The molecule has 1 unspecified atom stereocenters. The number of hydrogen-bond acceptors (Lipinski definition) is 4. The number of halogens is 2. The zero-order valence-corrected chi connectivity index (χ0v) is 17.7. The molecule has 2 rings (SSSR count). The number of hydrogen-bond donors (Lipinski definition) is 4. The van der Waals surface area contributed by atoms with Gasteiger partial charge in [0.25, 0.3) is 0 Å². The Labute approximate surface area is 164 Å². The molecule has 2 aromatic heterocycles. The molecule has 0 bridgehead atoms. The fourth-order valence-corrected chi connectivity index (χ4v) is 4.09. The third-order valence-corrected chi connectivity index (χ3v) is 5.50. The summed E-state index contributed by atoms with van der Waals surface area (Å²) in [4.78, 5) is 0. The van der Waals surface area contributed by atoms with E-state index in [1.165, 1.54) is 21.3 Å². The van der Waals surface area contributed by atoms with E-state index in [-0.39, 0.29) is 28.9 Å². The molecule has 8 heteroatoms. The maximum atomic E-state index is 10.0. The lowest BCUT2D eigenvalue weighted by Crippen LogP contribution is -2.22. The molecule has 4 N–H and O–H groups in total. The number of nitrogens with zero attached hydrogens (tertiary/aromatic N) is 2. The Hall–Kier alpha value is -1.28. The second-order valence-corrected chi connectivity index (χ2v) is 9.06. The summed E-state index contributed by atoms with van der Waals surface area (Å²) in [6, 6.07) is 2.95. The van der Waals surface area contributed by atoms with Crippen molar-refractivity contribution in [1.82, 2.24) is 9.13 Å². The highest BCUT2D eigenvalue weighted by atomic mass is 79.9. The van der Waals surface area contributed by atoms with Gasteiger partial charge in [-0.2, -0.15) is 0 Å². The average Bonchev–Trinajstić information content (AvgIpc) is 2.86. The zero-order valence-electron chi connectivity index (χ0n) is 14.5. The Bertz CT molecular complexity index is 752. The summed E-state index contributed by atoms with van der Waals surface area (Å²) < 4.78 is 3.89. The van der Waals surface area contributed by atoms with Gasteiger partial charge in [0.2, 0.25) is 11.8 Å². The molecule has 0 saturated heterocycles. The molecule has 140 valence electrons. The molecule has 0 aromatic carbocycles. The van der Waals surface area contributed by atoms with E-state index in [9.17, 15) is 20.4 Å². The summed E-state index contributed by atoms with van der Waals surface area (Å²) in [5.74, 6) is 0.416. The second kappa shape index (κ2) is 7.53. The summed E-state index contributed by atoms with van der Waals surface area (Å²) in [6.07, 6.45) is 1.63.